The van der Waals surface area contributed by atoms with Crippen LogP contribution in [0.5, 0.6) is 0 Å². The molecule has 2 rings (SSSR count). The molecule has 1 amide bonds. The Balaban J connectivity index is 2.14. The summed E-state index contributed by atoms with van der Waals surface area (Å²) in [5.74, 6) is 0. The van der Waals surface area contributed by atoms with Gasteiger partial charge in [-0.25, -0.2) is 0 Å². The average molecular weight is 207 g/mol. The third-order valence-electron chi connectivity index (χ3n) is 2.60. The first-order valence-corrected chi connectivity index (χ1v) is 5.91. The Hall–Kier alpha value is -0.960. The van der Waals surface area contributed by atoms with Gasteiger partial charge in [0.15, 0.2) is 0 Å². The molecule has 0 saturated heterocycles. The van der Waals surface area contributed by atoms with Crippen molar-refractivity contribution in [3.63, 3.8) is 0 Å². The molecule has 74 valence electrons. The van der Waals surface area contributed by atoms with Crippen LogP contribution >= 0.6 is 11.8 Å². The maximum Gasteiger partial charge on any atom is 0.279 e. The van der Waals surface area contributed by atoms with Crippen LogP contribution in [0.15, 0.2) is 30.3 Å². The van der Waals surface area contributed by atoms with Gasteiger partial charge in [0.25, 0.3) is 5.24 Å². The first kappa shape index (κ1) is 9.59. The lowest BCUT2D eigenvalue weighted by atomic mass is 10.1. The summed E-state index contributed by atoms with van der Waals surface area (Å²) >= 11 is 1.24. The van der Waals surface area contributed by atoms with Crippen molar-refractivity contribution in [2.24, 2.45) is 0 Å². The topological polar surface area (TPSA) is 29.1 Å². The molecule has 0 heterocycles. The van der Waals surface area contributed by atoms with Crippen molar-refractivity contribution in [3.8, 4) is 0 Å². The summed E-state index contributed by atoms with van der Waals surface area (Å²) in [6, 6.07) is 10.2. The van der Waals surface area contributed by atoms with Crippen molar-refractivity contribution < 1.29 is 4.79 Å². The molecule has 0 radical (unpaired) electrons. The summed E-state index contributed by atoms with van der Waals surface area (Å²) in [5.41, 5.74) is 1.17. The zero-order chi connectivity index (χ0) is 10.0. The molecule has 0 atom stereocenters. The molecule has 1 aromatic carbocycles. The highest BCUT2D eigenvalue weighted by molar-refractivity contribution is 8.12. The summed E-state index contributed by atoms with van der Waals surface area (Å²) < 4.78 is 0. The zero-order valence-electron chi connectivity index (χ0n) is 8.12. The lowest BCUT2D eigenvalue weighted by Gasteiger charge is -2.16. The first-order chi connectivity index (χ1) is 6.77. The average Bonchev–Trinajstić information content (AvgIpc) is 3.00. The summed E-state index contributed by atoms with van der Waals surface area (Å²) in [6.45, 7) is 0. The Morgan fingerprint density at radius 3 is 2.50 bits per heavy atom. The fourth-order valence-electron chi connectivity index (χ4n) is 1.61. The van der Waals surface area contributed by atoms with Gasteiger partial charge < -0.3 is 5.32 Å². The zero-order valence-corrected chi connectivity index (χ0v) is 8.93. The number of nitrogens with one attached hydrogen (secondary N) is 1. The highest BCUT2D eigenvalue weighted by Gasteiger charge is 2.45. The van der Waals surface area contributed by atoms with Crippen LogP contribution in [-0.2, 0) is 5.54 Å². The quantitative estimate of drug-likeness (QED) is 0.808. The predicted octanol–water partition coefficient (Wildman–Crippen LogP) is 2.75. The Morgan fingerprint density at radius 2 is 2.00 bits per heavy atom. The number of rotatable bonds is 2. The minimum Gasteiger partial charge on any atom is -0.337 e. The summed E-state index contributed by atoms with van der Waals surface area (Å²) in [5, 5.41) is 3.12. The van der Waals surface area contributed by atoms with E-state index in [0.29, 0.717) is 0 Å². The van der Waals surface area contributed by atoms with E-state index in [4.69, 9.17) is 0 Å². The minimum atomic E-state index is -0.0542. The molecule has 1 fully saturated rings. The lowest BCUT2D eigenvalue weighted by Crippen LogP contribution is -2.31. The molecule has 14 heavy (non-hydrogen) atoms. The van der Waals surface area contributed by atoms with Gasteiger partial charge in [0.1, 0.15) is 0 Å². The van der Waals surface area contributed by atoms with Gasteiger partial charge in [-0.3, -0.25) is 4.79 Å². The fraction of sp³-hybridized carbons (Fsp3) is 0.364. The molecule has 3 heteroatoms. The van der Waals surface area contributed by atoms with Crippen LogP contribution in [-0.4, -0.2) is 11.5 Å². The highest BCUT2D eigenvalue weighted by atomic mass is 32.2. The molecule has 1 saturated carbocycles. The number of carbonyl (C=O) groups is 1. The highest BCUT2D eigenvalue weighted by Crippen LogP contribution is 2.45. The molecular formula is C11H13NOS. The second-order valence-corrected chi connectivity index (χ2v) is 4.34. The number of hydrogen-bond donors (Lipinski definition) is 1. The van der Waals surface area contributed by atoms with Crippen molar-refractivity contribution >= 4 is 17.0 Å². The van der Waals surface area contributed by atoms with Gasteiger partial charge in [0.2, 0.25) is 0 Å². The van der Waals surface area contributed by atoms with Gasteiger partial charge >= 0.3 is 0 Å². The normalized spacial score (nSPS) is 17.5. The maximum absolute atomic E-state index is 11.3. The third-order valence-corrected chi connectivity index (χ3v) is 3.08. The van der Waals surface area contributed by atoms with Crippen LogP contribution in [0.4, 0.5) is 4.79 Å². The summed E-state index contributed by atoms with van der Waals surface area (Å²) in [6.07, 6.45) is 3.92. The lowest BCUT2D eigenvalue weighted by molar-refractivity contribution is 0.256. The fourth-order valence-corrected chi connectivity index (χ4v) is 1.91. The van der Waals surface area contributed by atoms with Gasteiger partial charge in [0, 0.05) is 0 Å². The van der Waals surface area contributed by atoms with E-state index in [9.17, 15) is 4.79 Å². The van der Waals surface area contributed by atoms with Crippen LogP contribution in [0.2, 0.25) is 0 Å². The Morgan fingerprint density at radius 1 is 1.36 bits per heavy atom. The summed E-state index contributed by atoms with van der Waals surface area (Å²) in [7, 11) is 0. The van der Waals surface area contributed by atoms with Gasteiger partial charge in [-0.05, 0) is 24.7 Å². The van der Waals surface area contributed by atoms with Gasteiger partial charge in [-0.1, -0.05) is 42.1 Å². The molecule has 1 N–H and O–H groups in total. The number of thioether (sulfide) groups is 1. The van der Waals surface area contributed by atoms with Crippen LogP contribution < -0.4 is 5.32 Å². The van der Waals surface area contributed by atoms with Gasteiger partial charge in [-0.2, -0.15) is 0 Å². The Kier molecular flexibility index (Phi) is 2.50. The molecule has 0 unspecified atom stereocenters. The second-order valence-electron chi connectivity index (χ2n) is 3.56. The van der Waals surface area contributed by atoms with Gasteiger partial charge in [0.05, 0.1) is 5.54 Å². The second kappa shape index (κ2) is 3.65. The number of hydrogen-bond acceptors (Lipinski definition) is 2. The van der Waals surface area contributed by atoms with E-state index in [1.165, 1.54) is 17.3 Å². The van der Waals surface area contributed by atoms with E-state index in [-0.39, 0.29) is 10.8 Å². The molecule has 1 aromatic rings. The van der Waals surface area contributed by atoms with Crippen LogP contribution in [0.3, 0.4) is 0 Å². The van der Waals surface area contributed by atoms with Crippen molar-refractivity contribution in [1.29, 1.82) is 0 Å². The largest absolute Gasteiger partial charge is 0.337 e. The van der Waals surface area contributed by atoms with Crippen molar-refractivity contribution in [3.05, 3.63) is 35.9 Å². The van der Waals surface area contributed by atoms with E-state index < -0.39 is 0 Å². The molecule has 0 bridgehead atoms. The van der Waals surface area contributed by atoms with E-state index in [1.807, 2.05) is 18.2 Å². The molecule has 0 aliphatic heterocycles. The third kappa shape index (κ3) is 1.77. The molecular weight excluding hydrogens is 194 g/mol. The SMILES string of the molecule is CSC(=O)NC1(c2ccccc2)CC1. The number of amides is 1. The number of benzene rings is 1. The first-order valence-electron chi connectivity index (χ1n) is 4.68. The predicted molar refractivity (Wildman–Crippen MR) is 59.4 cm³/mol. The monoisotopic (exact) mass is 207 g/mol. The van der Waals surface area contributed by atoms with Crippen molar-refractivity contribution in [1.82, 2.24) is 5.32 Å². The van der Waals surface area contributed by atoms with E-state index in [1.54, 1.807) is 6.26 Å². The number of carbonyl (C=O) groups excluding carboxylic acids is 1. The van der Waals surface area contributed by atoms with Crippen molar-refractivity contribution in [2.75, 3.05) is 6.26 Å². The maximum atomic E-state index is 11.3. The molecule has 0 spiro atoms. The Labute approximate surface area is 88.1 Å². The van der Waals surface area contributed by atoms with Crippen LogP contribution in [0.1, 0.15) is 18.4 Å². The molecule has 1 aliphatic rings. The van der Waals surface area contributed by atoms with E-state index in [0.717, 1.165) is 12.8 Å². The standard InChI is InChI=1S/C11H13NOS/c1-14-10(13)12-11(7-8-11)9-5-3-2-4-6-9/h2-6H,7-8H2,1H3,(H,12,13). The van der Waals surface area contributed by atoms with Crippen LogP contribution in [0.25, 0.3) is 0 Å². The van der Waals surface area contributed by atoms with E-state index >= 15 is 0 Å². The molecule has 1 aliphatic carbocycles. The minimum absolute atomic E-state index is 0.0542. The smallest absolute Gasteiger partial charge is 0.279 e. The summed E-state index contributed by atoms with van der Waals surface area (Å²) in [4.78, 5) is 11.3. The van der Waals surface area contributed by atoms with Crippen molar-refractivity contribution in [2.45, 2.75) is 18.4 Å². The van der Waals surface area contributed by atoms with Gasteiger partial charge in [-0.15, -0.1) is 0 Å². The van der Waals surface area contributed by atoms with Crippen LogP contribution in [0, 0.1) is 0 Å². The molecule has 2 nitrogen and oxygen atoms in total. The van der Waals surface area contributed by atoms with E-state index in [2.05, 4.69) is 17.4 Å². The molecule has 0 aromatic heterocycles. The Bertz CT molecular complexity index is 332.